The van der Waals surface area contributed by atoms with Crippen LogP contribution in [0.25, 0.3) is 0 Å². The van der Waals surface area contributed by atoms with Crippen LogP contribution in [0.5, 0.6) is 0 Å². The number of hydrogen-bond acceptors (Lipinski definition) is 4. The highest BCUT2D eigenvalue weighted by Crippen LogP contribution is 2.26. The van der Waals surface area contributed by atoms with E-state index < -0.39 is 22.0 Å². The monoisotopic (exact) mass is 326 g/mol. The number of aliphatic carboxylic acids is 1. The van der Waals surface area contributed by atoms with Crippen LogP contribution >= 0.6 is 0 Å². The molecule has 1 aromatic carbocycles. The molecule has 1 amide bonds. The molecule has 22 heavy (non-hydrogen) atoms. The minimum Gasteiger partial charge on any atom is -0.480 e. The van der Waals surface area contributed by atoms with Gasteiger partial charge in [-0.15, -0.1) is 0 Å². The Labute approximate surface area is 129 Å². The number of carbonyl (C=O) groups is 2. The molecule has 1 heterocycles. The van der Waals surface area contributed by atoms with Crippen molar-refractivity contribution < 1.29 is 23.1 Å². The molecule has 0 spiro atoms. The topological polar surface area (TPSA) is 104 Å². The number of nitrogens with zero attached hydrogens (tertiary/aromatic N) is 1. The highest BCUT2D eigenvalue weighted by molar-refractivity contribution is 7.89. The van der Waals surface area contributed by atoms with Gasteiger partial charge in [-0.25, -0.2) is 8.42 Å². The minimum atomic E-state index is -3.82. The molecule has 8 heteroatoms. The zero-order valence-corrected chi connectivity index (χ0v) is 13.0. The Morgan fingerprint density at radius 3 is 2.50 bits per heavy atom. The van der Waals surface area contributed by atoms with Crippen molar-refractivity contribution in [2.24, 2.45) is 0 Å². The van der Waals surface area contributed by atoms with Gasteiger partial charge in [0.05, 0.1) is 4.90 Å². The predicted octanol–water partition coefficient (Wildman–Crippen LogP) is 0.560. The van der Waals surface area contributed by atoms with E-state index >= 15 is 0 Å². The van der Waals surface area contributed by atoms with Gasteiger partial charge in [-0.2, -0.15) is 4.31 Å². The molecule has 1 atom stereocenters. The first-order valence-electron chi connectivity index (χ1n) is 6.90. The third-order valence-corrected chi connectivity index (χ3v) is 5.48. The van der Waals surface area contributed by atoms with Crippen LogP contribution in [-0.4, -0.2) is 42.3 Å². The van der Waals surface area contributed by atoms with E-state index in [1.54, 1.807) is 12.1 Å². The van der Waals surface area contributed by atoms with E-state index in [0.717, 1.165) is 9.87 Å². The van der Waals surface area contributed by atoms with Crippen LogP contribution in [0.1, 0.15) is 25.3 Å². The smallest absolute Gasteiger partial charge is 0.322 e. The average molecular weight is 326 g/mol. The number of benzene rings is 1. The third kappa shape index (κ3) is 3.45. The molecule has 0 saturated carbocycles. The van der Waals surface area contributed by atoms with Crippen LogP contribution in [0.15, 0.2) is 29.2 Å². The number of carbonyl (C=O) groups excluding carboxylic acids is 1. The van der Waals surface area contributed by atoms with Gasteiger partial charge < -0.3 is 10.4 Å². The van der Waals surface area contributed by atoms with Crippen molar-refractivity contribution in [3.05, 3.63) is 29.8 Å². The largest absolute Gasteiger partial charge is 0.480 e. The fourth-order valence-corrected chi connectivity index (χ4v) is 4.07. The van der Waals surface area contributed by atoms with Crippen molar-refractivity contribution in [3.8, 4) is 0 Å². The van der Waals surface area contributed by atoms with Gasteiger partial charge in [-0.3, -0.25) is 9.59 Å². The molecule has 0 aliphatic carbocycles. The third-order valence-electron chi connectivity index (χ3n) is 3.56. The second kappa shape index (κ2) is 6.45. The number of rotatable bonds is 5. The normalized spacial score (nSPS) is 19.0. The van der Waals surface area contributed by atoms with Crippen LogP contribution in [0.4, 0.5) is 0 Å². The Bertz CT molecular complexity index is 669. The zero-order valence-electron chi connectivity index (χ0n) is 12.2. The molecule has 1 aliphatic heterocycles. The number of carboxylic acids is 1. The summed E-state index contributed by atoms with van der Waals surface area (Å²) >= 11 is 0. The number of hydrogen-bond donors (Lipinski definition) is 2. The maximum Gasteiger partial charge on any atom is 0.322 e. The van der Waals surface area contributed by atoms with Gasteiger partial charge >= 0.3 is 5.97 Å². The quantitative estimate of drug-likeness (QED) is 0.823. The lowest BCUT2D eigenvalue weighted by molar-refractivity contribution is -0.140. The van der Waals surface area contributed by atoms with Gasteiger partial charge in [0, 0.05) is 20.0 Å². The van der Waals surface area contributed by atoms with Crippen LogP contribution in [0.2, 0.25) is 0 Å². The average Bonchev–Trinajstić information content (AvgIpc) is 2.96. The molecule has 1 aromatic rings. The molecular weight excluding hydrogens is 308 g/mol. The zero-order chi connectivity index (χ0) is 16.3. The minimum absolute atomic E-state index is 0.0622. The molecule has 1 unspecified atom stereocenters. The first kappa shape index (κ1) is 16.4. The summed E-state index contributed by atoms with van der Waals surface area (Å²) in [6.07, 6.45) is 0.867. The van der Waals surface area contributed by atoms with Gasteiger partial charge in [-0.1, -0.05) is 12.1 Å². The summed E-state index contributed by atoms with van der Waals surface area (Å²) in [6.45, 7) is 1.93. The first-order chi connectivity index (χ1) is 10.3. The van der Waals surface area contributed by atoms with E-state index in [2.05, 4.69) is 5.32 Å². The summed E-state index contributed by atoms with van der Waals surface area (Å²) in [4.78, 5) is 22.1. The summed E-state index contributed by atoms with van der Waals surface area (Å²) in [6, 6.07) is 5.08. The van der Waals surface area contributed by atoms with Gasteiger partial charge in [0.1, 0.15) is 6.04 Å². The number of carboxylic acid groups (broad SMARTS) is 1. The van der Waals surface area contributed by atoms with E-state index in [0.29, 0.717) is 19.4 Å². The van der Waals surface area contributed by atoms with Gasteiger partial charge in [0.25, 0.3) is 0 Å². The summed E-state index contributed by atoms with van der Waals surface area (Å²) in [5, 5.41) is 11.7. The van der Waals surface area contributed by atoms with E-state index in [-0.39, 0.29) is 17.3 Å². The Morgan fingerprint density at radius 2 is 1.95 bits per heavy atom. The fourth-order valence-electron chi connectivity index (χ4n) is 2.42. The molecule has 0 aromatic heterocycles. The summed E-state index contributed by atoms with van der Waals surface area (Å²) in [5.41, 5.74) is 0.769. The summed E-state index contributed by atoms with van der Waals surface area (Å²) in [7, 11) is -3.82. The maximum atomic E-state index is 12.5. The molecule has 0 radical (unpaired) electrons. The summed E-state index contributed by atoms with van der Waals surface area (Å²) < 4.78 is 26.1. The lowest BCUT2D eigenvalue weighted by Crippen LogP contribution is -2.40. The Morgan fingerprint density at radius 1 is 1.32 bits per heavy atom. The Kier molecular flexibility index (Phi) is 4.82. The molecule has 1 saturated heterocycles. The van der Waals surface area contributed by atoms with Crippen molar-refractivity contribution in [1.82, 2.24) is 9.62 Å². The predicted molar refractivity (Wildman–Crippen MR) is 78.5 cm³/mol. The molecule has 0 bridgehead atoms. The van der Waals surface area contributed by atoms with E-state index in [9.17, 15) is 18.0 Å². The second-order valence-electron chi connectivity index (χ2n) is 5.17. The second-order valence-corrected chi connectivity index (χ2v) is 7.06. The lowest BCUT2D eigenvalue weighted by Gasteiger charge is -2.21. The van der Waals surface area contributed by atoms with Crippen LogP contribution in [0, 0.1) is 0 Å². The van der Waals surface area contributed by atoms with E-state index in [1.165, 1.54) is 19.1 Å². The number of sulfonamides is 1. The maximum absolute atomic E-state index is 12.5. The number of nitrogens with one attached hydrogen (secondary N) is 1. The van der Waals surface area contributed by atoms with Crippen LogP contribution in [0.3, 0.4) is 0 Å². The van der Waals surface area contributed by atoms with Crippen molar-refractivity contribution in [1.29, 1.82) is 0 Å². The number of amides is 1. The molecule has 1 aliphatic rings. The Balaban J connectivity index is 2.19. The lowest BCUT2D eigenvalue weighted by atomic mass is 10.2. The highest BCUT2D eigenvalue weighted by Gasteiger charge is 2.39. The van der Waals surface area contributed by atoms with Gasteiger partial charge in [0.15, 0.2) is 0 Å². The van der Waals surface area contributed by atoms with Crippen molar-refractivity contribution in [2.45, 2.75) is 37.2 Å². The molecule has 2 rings (SSSR count). The van der Waals surface area contributed by atoms with E-state index in [1.807, 2.05) is 0 Å². The molecule has 1 fully saturated rings. The molecule has 7 nitrogen and oxygen atoms in total. The molecule has 120 valence electrons. The van der Waals surface area contributed by atoms with Gasteiger partial charge in [0.2, 0.25) is 15.9 Å². The highest BCUT2D eigenvalue weighted by atomic mass is 32.2. The first-order valence-corrected chi connectivity index (χ1v) is 8.34. The van der Waals surface area contributed by atoms with Crippen molar-refractivity contribution in [2.75, 3.05) is 6.54 Å². The molecular formula is C14H18N2O5S. The van der Waals surface area contributed by atoms with Gasteiger partial charge in [-0.05, 0) is 30.5 Å². The van der Waals surface area contributed by atoms with Crippen molar-refractivity contribution in [3.63, 3.8) is 0 Å². The van der Waals surface area contributed by atoms with Crippen LogP contribution < -0.4 is 5.32 Å². The summed E-state index contributed by atoms with van der Waals surface area (Å²) in [5.74, 6) is -1.29. The standard InChI is InChI=1S/C14H18N2O5S/c1-10(17)15-9-11-4-6-12(7-5-11)22(20,21)16-8-2-3-13(16)14(18)19/h4-7,13H,2-3,8-9H2,1H3,(H,15,17)(H,18,19). The fraction of sp³-hybridized carbons (Fsp3) is 0.429. The Hall–Kier alpha value is -1.93. The van der Waals surface area contributed by atoms with Crippen LogP contribution in [-0.2, 0) is 26.2 Å². The van der Waals surface area contributed by atoms with Crippen molar-refractivity contribution >= 4 is 21.9 Å². The van der Waals surface area contributed by atoms with E-state index in [4.69, 9.17) is 5.11 Å². The SMILES string of the molecule is CC(=O)NCc1ccc(S(=O)(=O)N2CCCC2C(=O)O)cc1. The molecule has 2 N–H and O–H groups in total.